The molecule has 3 atom stereocenters. The molecule has 7 heteroatoms. The Labute approximate surface area is 165 Å². The lowest BCUT2D eigenvalue weighted by molar-refractivity contribution is -0.139. The number of ether oxygens (including phenoxy) is 2. The molecule has 1 aliphatic heterocycles. The topological polar surface area (TPSA) is 113 Å². The smallest absolute Gasteiger partial charge is 0.338 e. The Morgan fingerprint density at radius 1 is 1.32 bits per heavy atom. The molecule has 3 unspecified atom stereocenters. The van der Waals surface area contributed by atoms with Gasteiger partial charge in [0, 0.05) is 12.0 Å². The minimum atomic E-state index is -1.53. The molecule has 0 spiro atoms. The molecule has 154 valence electrons. The summed E-state index contributed by atoms with van der Waals surface area (Å²) in [5.41, 5.74) is 0.0178. The maximum Gasteiger partial charge on any atom is 0.338 e. The number of ketones is 1. The first kappa shape index (κ1) is 23.4. The van der Waals surface area contributed by atoms with Crippen molar-refractivity contribution in [3.63, 3.8) is 0 Å². The van der Waals surface area contributed by atoms with Gasteiger partial charge >= 0.3 is 5.97 Å². The molecule has 3 N–H and O–H groups in total. The molecule has 0 aromatic rings. The molecule has 7 nitrogen and oxygen atoms in total. The van der Waals surface area contributed by atoms with E-state index in [4.69, 9.17) is 9.47 Å². The van der Waals surface area contributed by atoms with E-state index in [1.807, 2.05) is 0 Å². The zero-order valence-corrected chi connectivity index (χ0v) is 16.2. The Balaban J connectivity index is 3.21. The highest BCUT2D eigenvalue weighted by atomic mass is 16.5. The number of allylic oxidation sites excluding steroid dienone is 4. The van der Waals surface area contributed by atoms with E-state index in [0.717, 1.165) is 0 Å². The summed E-state index contributed by atoms with van der Waals surface area (Å²) in [5.74, 6) is -1.87. The van der Waals surface area contributed by atoms with E-state index in [9.17, 15) is 24.9 Å². The summed E-state index contributed by atoms with van der Waals surface area (Å²) in [6.45, 7) is 5.33. The van der Waals surface area contributed by atoms with Gasteiger partial charge in [0.25, 0.3) is 0 Å². The lowest BCUT2D eigenvalue weighted by Gasteiger charge is -2.15. The fourth-order valence-electron chi connectivity index (χ4n) is 2.52. The van der Waals surface area contributed by atoms with Crippen LogP contribution in [0.2, 0.25) is 0 Å². The molecule has 0 fully saturated rings. The van der Waals surface area contributed by atoms with E-state index in [2.05, 4.69) is 6.58 Å². The van der Waals surface area contributed by atoms with Crippen LogP contribution in [0, 0.1) is 5.92 Å². The molecule has 28 heavy (non-hydrogen) atoms. The van der Waals surface area contributed by atoms with Gasteiger partial charge in [-0.1, -0.05) is 31.7 Å². The number of hydrogen-bond acceptors (Lipinski definition) is 7. The zero-order valence-electron chi connectivity index (χ0n) is 16.2. The third-order valence-corrected chi connectivity index (χ3v) is 4.16. The number of carbonyl (C=O) groups excluding carboxylic acids is 2. The van der Waals surface area contributed by atoms with Crippen molar-refractivity contribution in [2.45, 2.75) is 38.4 Å². The van der Waals surface area contributed by atoms with Crippen molar-refractivity contribution in [1.82, 2.24) is 0 Å². The Kier molecular flexibility index (Phi) is 9.98. The first-order valence-electron chi connectivity index (χ1n) is 9.03. The predicted octanol–water partition coefficient (Wildman–Crippen LogP) is 2.28. The van der Waals surface area contributed by atoms with Crippen LogP contribution in [0.5, 0.6) is 0 Å². The second-order valence-corrected chi connectivity index (χ2v) is 6.30. The third-order valence-electron chi connectivity index (χ3n) is 4.16. The molecular weight excluding hydrogens is 364 g/mol. The highest BCUT2D eigenvalue weighted by Crippen LogP contribution is 2.21. The summed E-state index contributed by atoms with van der Waals surface area (Å²) in [4.78, 5) is 24.3. The van der Waals surface area contributed by atoms with E-state index < -0.39 is 29.9 Å². The summed E-state index contributed by atoms with van der Waals surface area (Å²) in [6, 6.07) is 0. The lowest BCUT2D eigenvalue weighted by atomic mass is 9.97. The minimum Gasteiger partial charge on any atom is -0.507 e. The van der Waals surface area contributed by atoms with Crippen molar-refractivity contribution >= 4 is 11.8 Å². The van der Waals surface area contributed by atoms with Crippen molar-refractivity contribution in [3.05, 3.63) is 60.1 Å². The van der Waals surface area contributed by atoms with E-state index in [1.165, 1.54) is 31.4 Å². The number of aliphatic hydroxyl groups excluding tert-OH is 3. The van der Waals surface area contributed by atoms with Crippen molar-refractivity contribution in [1.29, 1.82) is 0 Å². The molecule has 0 aromatic heterocycles. The fourth-order valence-corrected chi connectivity index (χ4v) is 2.52. The molecule has 0 saturated carbocycles. The largest absolute Gasteiger partial charge is 0.507 e. The number of hydrogen-bond donors (Lipinski definition) is 3. The van der Waals surface area contributed by atoms with Crippen LogP contribution in [-0.4, -0.2) is 53.0 Å². The Bertz CT molecular complexity index is 685. The van der Waals surface area contributed by atoms with Crippen LogP contribution in [0.4, 0.5) is 0 Å². The highest BCUT2D eigenvalue weighted by molar-refractivity contribution is 5.93. The Morgan fingerprint density at radius 2 is 2.04 bits per heavy atom. The standard InChI is InChI=1S/C21H28O7/c1-4-15(27-3)13-18(24)19-14(2)9-8-11-17(23)20(25)16(22)10-6-5-7-12-28-21(19)26/h4,6,8-10,13-14,17,20,23-25H,1,5,7,11-12H2,2-3H3/b9-8+,10-6-,15-13+,19-18-. The predicted molar refractivity (Wildman–Crippen MR) is 104 cm³/mol. The second kappa shape index (κ2) is 11.9. The van der Waals surface area contributed by atoms with Crippen LogP contribution >= 0.6 is 0 Å². The van der Waals surface area contributed by atoms with E-state index in [-0.39, 0.29) is 30.1 Å². The van der Waals surface area contributed by atoms with Gasteiger partial charge < -0.3 is 24.8 Å². The van der Waals surface area contributed by atoms with Crippen molar-refractivity contribution in [3.8, 4) is 0 Å². The number of aliphatic hydroxyl groups is 3. The second-order valence-electron chi connectivity index (χ2n) is 6.30. The monoisotopic (exact) mass is 392 g/mol. The molecule has 0 amide bonds. The van der Waals surface area contributed by atoms with Crippen molar-refractivity contribution < 1.29 is 34.4 Å². The third kappa shape index (κ3) is 7.17. The van der Waals surface area contributed by atoms with Crippen molar-refractivity contribution in [2.75, 3.05) is 13.7 Å². The first-order chi connectivity index (χ1) is 13.3. The van der Waals surface area contributed by atoms with Gasteiger partial charge in [-0.25, -0.2) is 4.79 Å². The fraction of sp³-hybridized carbons (Fsp3) is 0.429. The number of methoxy groups -OCH3 is 1. The zero-order chi connectivity index (χ0) is 21.1. The van der Waals surface area contributed by atoms with Gasteiger partial charge in [0.15, 0.2) is 5.78 Å². The van der Waals surface area contributed by atoms with E-state index in [1.54, 1.807) is 19.1 Å². The molecule has 0 bridgehead atoms. The summed E-state index contributed by atoms with van der Waals surface area (Å²) in [7, 11) is 1.41. The van der Waals surface area contributed by atoms with Gasteiger partial charge in [-0.15, -0.1) is 0 Å². The van der Waals surface area contributed by atoms with Gasteiger partial charge in [-0.05, 0) is 31.4 Å². The molecule has 1 rings (SSSR count). The molecule has 1 aliphatic rings. The Morgan fingerprint density at radius 3 is 2.68 bits per heavy atom. The lowest BCUT2D eigenvalue weighted by Crippen LogP contribution is -2.32. The average Bonchev–Trinajstić information content (AvgIpc) is 2.67. The normalized spacial score (nSPS) is 29.7. The van der Waals surface area contributed by atoms with E-state index in [0.29, 0.717) is 12.8 Å². The maximum atomic E-state index is 12.5. The summed E-state index contributed by atoms with van der Waals surface area (Å²) >= 11 is 0. The van der Waals surface area contributed by atoms with Crippen LogP contribution < -0.4 is 0 Å². The molecule has 0 aromatic carbocycles. The van der Waals surface area contributed by atoms with Crippen LogP contribution in [0.25, 0.3) is 0 Å². The van der Waals surface area contributed by atoms with Crippen LogP contribution in [-0.2, 0) is 19.1 Å². The molecule has 0 saturated heterocycles. The first-order valence-corrected chi connectivity index (χ1v) is 9.03. The molecular formula is C21H28O7. The van der Waals surface area contributed by atoms with Gasteiger partial charge in [0.1, 0.15) is 17.6 Å². The summed E-state index contributed by atoms with van der Waals surface area (Å²) in [6.07, 6.45) is 6.63. The number of esters is 1. The maximum absolute atomic E-state index is 12.5. The quantitative estimate of drug-likeness (QED) is 0.222. The van der Waals surface area contributed by atoms with Gasteiger partial charge in [0.2, 0.25) is 0 Å². The minimum absolute atomic E-state index is 0.00000559. The summed E-state index contributed by atoms with van der Waals surface area (Å²) in [5, 5.41) is 30.3. The highest BCUT2D eigenvalue weighted by Gasteiger charge is 2.23. The SMILES string of the molecule is C=C/C(=C\C(O)=C1\C(=O)OCCC/C=C\C(=O)C(O)C(O)C/C=C/C1C)OC. The van der Waals surface area contributed by atoms with Crippen molar-refractivity contribution in [2.24, 2.45) is 5.92 Å². The van der Waals surface area contributed by atoms with Gasteiger partial charge in [0.05, 0.1) is 25.4 Å². The summed E-state index contributed by atoms with van der Waals surface area (Å²) < 4.78 is 10.3. The average molecular weight is 392 g/mol. The van der Waals surface area contributed by atoms with Crippen LogP contribution in [0.3, 0.4) is 0 Å². The Hall–Kier alpha value is -2.64. The number of cyclic esters (lactones) is 1. The van der Waals surface area contributed by atoms with Gasteiger partial charge in [-0.3, -0.25) is 4.79 Å². The molecule has 1 heterocycles. The van der Waals surface area contributed by atoms with Crippen LogP contribution in [0.15, 0.2) is 60.1 Å². The molecule has 0 aliphatic carbocycles. The number of carbonyl (C=O) groups is 2. The van der Waals surface area contributed by atoms with Crippen LogP contribution in [0.1, 0.15) is 26.2 Å². The van der Waals surface area contributed by atoms with E-state index >= 15 is 0 Å². The van der Waals surface area contributed by atoms with Gasteiger partial charge in [-0.2, -0.15) is 0 Å². The molecule has 0 radical (unpaired) electrons. The number of rotatable bonds is 3.